The molecule has 0 unspecified atom stereocenters. The molecule has 4 nitrogen and oxygen atoms in total. The van der Waals surface area contributed by atoms with Gasteiger partial charge >= 0.3 is 0 Å². The van der Waals surface area contributed by atoms with Gasteiger partial charge in [-0.2, -0.15) is 0 Å². The Labute approximate surface area is 109 Å². The molecule has 1 aromatic carbocycles. The molecule has 0 saturated heterocycles. The molecule has 0 spiro atoms. The van der Waals surface area contributed by atoms with Crippen molar-refractivity contribution in [1.82, 2.24) is 5.01 Å². The maximum absolute atomic E-state index is 11.3. The number of para-hydroxylation sites is 1. The Balaban J connectivity index is 2.42. The van der Waals surface area contributed by atoms with Crippen LogP contribution >= 0.6 is 0 Å². The van der Waals surface area contributed by atoms with Crippen molar-refractivity contribution in [1.29, 1.82) is 0 Å². The fourth-order valence-corrected chi connectivity index (χ4v) is 1.67. The molecule has 0 bridgehead atoms. The fourth-order valence-electron chi connectivity index (χ4n) is 1.67. The topological polar surface area (TPSA) is 55.6 Å². The molecule has 1 aromatic rings. The van der Waals surface area contributed by atoms with Crippen molar-refractivity contribution >= 4 is 5.91 Å². The summed E-state index contributed by atoms with van der Waals surface area (Å²) < 4.78 is 5.72. The quantitative estimate of drug-likeness (QED) is 0.365. The van der Waals surface area contributed by atoms with Gasteiger partial charge in [0.2, 0.25) is 5.91 Å². The summed E-state index contributed by atoms with van der Waals surface area (Å²) in [5.74, 6) is 6.60. The van der Waals surface area contributed by atoms with E-state index < -0.39 is 0 Å². The highest BCUT2D eigenvalue weighted by Gasteiger charge is 2.07. The molecule has 0 radical (unpaired) electrons. The highest BCUT2D eigenvalue weighted by molar-refractivity contribution is 5.75. The Bertz CT molecular complexity index is 389. The minimum absolute atomic E-state index is 0.0734. The second-order valence-electron chi connectivity index (χ2n) is 4.65. The predicted molar refractivity (Wildman–Crippen MR) is 72.2 cm³/mol. The molecular formula is C14H22N2O2. The number of nitrogens with two attached hydrogens (primary N) is 1. The number of nitrogens with zero attached hydrogens (tertiary/aromatic N) is 1. The number of benzene rings is 1. The molecule has 0 aliphatic rings. The number of hydrogen-bond acceptors (Lipinski definition) is 3. The van der Waals surface area contributed by atoms with Crippen LogP contribution in [-0.2, 0) is 4.79 Å². The zero-order valence-electron chi connectivity index (χ0n) is 11.3. The monoisotopic (exact) mass is 250 g/mol. The molecule has 18 heavy (non-hydrogen) atoms. The van der Waals surface area contributed by atoms with E-state index in [2.05, 4.69) is 19.9 Å². The van der Waals surface area contributed by atoms with Gasteiger partial charge in [0.05, 0.1) is 6.61 Å². The van der Waals surface area contributed by atoms with Crippen LogP contribution in [0.5, 0.6) is 5.75 Å². The molecule has 0 aromatic heterocycles. The first kappa shape index (κ1) is 14.5. The SMILES string of the molecule is CC(C)c1ccccc1OCCCC(=O)N(C)N. The van der Waals surface area contributed by atoms with Crippen LogP contribution in [0, 0.1) is 0 Å². The lowest BCUT2D eigenvalue weighted by atomic mass is 10.0. The zero-order valence-corrected chi connectivity index (χ0v) is 11.3. The lowest BCUT2D eigenvalue weighted by molar-refractivity contribution is -0.130. The number of carbonyl (C=O) groups is 1. The standard InChI is InChI=1S/C14H22N2O2/c1-11(2)12-7-4-5-8-13(12)18-10-6-9-14(17)16(3)15/h4-5,7-8,11H,6,9-10,15H2,1-3H3. The molecule has 0 aliphatic carbocycles. The average Bonchev–Trinajstić information content (AvgIpc) is 2.34. The normalized spacial score (nSPS) is 10.5. The Morgan fingerprint density at radius 3 is 2.67 bits per heavy atom. The summed E-state index contributed by atoms with van der Waals surface area (Å²) in [6, 6.07) is 8.00. The van der Waals surface area contributed by atoms with Crippen LogP contribution in [0.3, 0.4) is 0 Å². The highest BCUT2D eigenvalue weighted by atomic mass is 16.5. The first-order chi connectivity index (χ1) is 8.52. The third kappa shape index (κ3) is 4.37. The van der Waals surface area contributed by atoms with Crippen molar-refractivity contribution in [2.24, 2.45) is 5.84 Å². The van der Waals surface area contributed by atoms with Crippen molar-refractivity contribution in [3.8, 4) is 5.75 Å². The minimum Gasteiger partial charge on any atom is -0.493 e. The summed E-state index contributed by atoms with van der Waals surface area (Å²) in [5.41, 5.74) is 1.19. The second kappa shape index (κ2) is 7.01. The molecule has 4 heteroatoms. The maximum Gasteiger partial charge on any atom is 0.236 e. The molecule has 1 rings (SSSR count). The van der Waals surface area contributed by atoms with Crippen LogP contribution in [0.1, 0.15) is 38.2 Å². The number of ether oxygens (including phenoxy) is 1. The lowest BCUT2D eigenvalue weighted by Gasteiger charge is -2.14. The summed E-state index contributed by atoms with van der Waals surface area (Å²) in [5, 5.41) is 1.11. The van der Waals surface area contributed by atoms with Crippen LogP contribution in [0.25, 0.3) is 0 Å². The molecule has 0 aliphatic heterocycles. The van der Waals surface area contributed by atoms with Crippen LogP contribution < -0.4 is 10.6 Å². The van der Waals surface area contributed by atoms with Gasteiger partial charge in [0, 0.05) is 13.5 Å². The van der Waals surface area contributed by atoms with E-state index in [0.29, 0.717) is 25.4 Å². The zero-order chi connectivity index (χ0) is 13.5. The molecule has 100 valence electrons. The van der Waals surface area contributed by atoms with E-state index in [4.69, 9.17) is 10.6 Å². The summed E-state index contributed by atoms with van der Waals surface area (Å²) in [6.45, 7) is 4.80. The van der Waals surface area contributed by atoms with Gasteiger partial charge in [-0.25, -0.2) is 5.84 Å². The second-order valence-corrected chi connectivity index (χ2v) is 4.65. The van der Waals surface area contributed by atoms with Crippen LogP contribution in [0.2, 0.25) is 0 Å². The molecule has 0 heterocycles. The molecule has 1 amide bonds. The predicted octanol–water partition coefficient (Wildman–Crippen LogP) is 2.30. The van der Waals surface area contributed by atoms with Gasteiger partial charge in [0.15, 0.2) is 0 Å². The van der Waals surface area contributed by atoms with Gasteiger partial charge in [-0.3, -0.25) is 9.80 Å². The van der Waals surface area contributed by atoms with Crippen molar-refractivity contribution in [3.63, 3.8) is 0 Å². The molecular weight excluding hydrogens is 228 g/mol. The first-order valence-corrected chi connectivity index (χ1v) is 6.25. The Kier molecular flexibility index (Phi) is 5.65. The van der Waals surface area contributed by atoms with Gasteiger partial charge in [0.25, 0.3) is 0 Å². The van der Waals surface area contributed by atoms with E-state index in [0.717, 1.165) is 10.8 Å². The third-order valence-electron chi connectivity index (χ3n) is 2.73. The number of rotatable bonds is 6. The first-order valence-electron chi connectivity index (χ1n) is 6.25. The number of hydrogen-bond donors (Lipinski definition) is 1. The van der Waals surface area contributed by atoms with Gasteiger partial charge in [-0.15, -0.1) is 0 Å². The van der Waals surface area contributed by atoms with Crippen LogP contribution in [-0.4, -0.2) is 24.6 Å². The Morgan fingerprint density at radius 2 is 2.06 bits per heavy atom. The van der Waals surface area contributed by atoms with Crippen molar-refractivity contribution < 1.29 is 9.53 Å². The van der Waals surface area contributed by atoms with E-state index >= 15 is 0 Å². The van der Waals surface area contributed by atoms with Gasteiger partial charge in [-0.1, -0.05) is 32.0 Å². The van der Waals surface area contributed by atoms with Crippen molar-refractivity contribution in [2.75, 3.05) is 13.7 Å². The fraction of sp³-hybridized carbons (Fsp3) is 0.500. The molecule has 2 N–H and O–H groups in total. The molecule has 0 saturated carbocycles. The van der Waals surface area contributed by atoms with Gasteiger partial charge in [0.1, 0.15) is 5.75 Å². The van der Waals surface area contributed by atoms with E-state index in [9.17, 15) is 4.79 Å². The smallest absolute Gasteiger partial charge is 0.236 e. The highest BCUT2D eigenvalue weighted by Crippen LogP contribution is 2.25. The lowest BCUT2D eigenvalue weighted by Crippen LogP contribution is -2.33. The van der Waals surface area contributed by atoms with Crippen LogP contribution in [0.4, 0.5) is 0 Å². The van der Waals surface area contributed by atoms with E-state index in [1.807, 2.05) is 18.2 Å². The number of amides is 1. The van der Waals surface area contributed by atoms with E-state index in [1.54, 1.807) is 7.05 Å². The average molecular weight is 250 g/mol. The van der Waals surface area contributed by atoms with E-state index in [1.165, 1.54) is 5.56 Å². The maximum atomic E-state index is 11.3. The summed E-state index contributed by atoms with van der Waals surface area (Å²) >= 11 is 0. The summed E-state index contributed by atoms with van der Waals surface area (Å²) in [4.78, 5) is 11.3. The van der Waals surface area contributed by atoms with Gasteiger partial charge in [-0.05, 0) is 24.0 Å². The van der Waals surface area contributed by atoms with Crippen LogP contribution in [0.15, 0.2) is 24.3 Å². The van der Waals surface area contributed by atoms with Gasteiger partial charge < -0.3 is 4.74 Å². The molecule has 0 atom stereocenters. The summed E-state index contributed by atoms with van der Waals surface area (Å²) in [6.07, 6.45) is 1.09. The number of hydrazine groups is 1. The minimum atomic E-state index is -0.0734. The number of carbonyl (C=O) groups excluding carboxylic acids is 1. The van der Waals surface area contributed by atoms with E-state index in [-0.39, 0.29) is 5.91 Å². The largest absolute Gasteiger partial charge is 0.493 e. The molecule has 0 fully saturated rings. The van der Waals surface area contributed by atoms with Crippen molar-refractivity contribution in [3.05, 3.63) is 29.8 Å². The third-order valence-corrected chi connectivity index (χ3v) is 2.73. The Hall–Kier alpha value is -1.55. The summed E-state index contributed by atoms with van der Waals surface area (Å²) in [7, 11) is 1.55. The Morgan fingerprint density at radius 1 is 1.39 bits per heavy atom. The van der Waals surface area contributed by atoms with Crippen molar-refractivity contribution in [2.45, 2.75) is 32.6 Å².